The highest BCUT2D eigenvalue weighted by atomic mass is 16.5. The number of ether oxygens (including phenoxy) is 3. The first-order valence-electron chi connectivity index (χ1n) is 7.20. The molecule has 2 N–H and O–H groups in total. The van der Waals surface area contributed by atoms with Crippen LogP contribution < -0.4 is 19.9 Å². The van der Waals surface area contributed by atoms with E-state index in [9.17, 15) is 4.79 Å². The van der Waals surface area contributed by atoms with Gasteiger partial charge in [-0.2, -0.15) is 0 Å². The first-order valence-corrected chi connectivity index (χ1v) is 7.20. The second-order valence-electron chi connectivity index (χ2n) is 5.01. The van der Waals surface area contributed by atoms with Crippen LogP contribution in [0.15, 0.2) is 40.1 Å². The van der Waals surface area contributed by atoms with Gasteiger partial charge in [0.25, 0.3) is 0 Å². The van der Waals surface area contributed by atoms with E-state index in [1.54, 1.807) is 51.8 Å². The minimum Gasteiger partial charge on any atom is -0.496 e. The van der Waals surface area contributed by atoms with Crippen molar-refractivity contribution < 1.29 is 14.2 Å². The first-order chi connectivity index (χ1) is 11.6. The van der Waals surface area contributed by atoms with Crippen molar-refractivity contribution in [3.05, 3.63) is 46.4 Å². The molecule has 0 aliphatic heterocycles. The molecule has 3 rings (SSSR count). The van der Waals surface area contributed by atoms with Crippen LogP contribution in [0.3, 0.4) is 0 Å². The highest BCUT2D eigenvalue weighted by Crippen LogP contribution is 2.33. The summed E-state index contributed by atoms with van der Waals surface area (Å²) in [6, 6.07) is 8.91. The van der Waals surface area contributed by atoms with Gasteiger partial charge < -0.3 is 24.2 Å². The number of H-pyrrole nitrogens is 2. The van der Waals surface area contributed by atoms with E-state index < -0.39 is 0 Å². The van der Waals surface area contributed by atoms with Crippen LogP contribution in [0, 0.1) is 0 Å². The molecule has 0 bridgehead atoms. The van der Waals surface area contributed by atoms with Crippen LogP contribution in [0.4, 0.5) is 5.69 Å². The number of rotatable bonds is 5. The summed E-state index contributed by atoms with van der Waals surface area (Å²) in [6.45, 7) is 0. The molecular formula is C17H17N3O4. The smallest absolute Gasteiger partial charge is 0.323 e. The Balaban J connectivity index is 2.01. The lowest BCUT2D eigenvalue weighted by Gasteiger charge is -2.12. The van der Waals surface area contributed by atoms with E-state index in [2.05, 4.69) is 15.0 Å². The van der Waals surface area contributed by atoms with Crippen LogP contribution in [-0.2, 0) is 0 Å². The lowest BCUT2D eigenvalue weighted by atomic mass is 10.1. The van der Waals surface area contributed by atoms with E-state index in [4.69, 9.17) is 14.2 Å². The predicted molar refractivity (Wildman–Crippen MR) is 92.3 cm³/mol. The van der Waals surface area contributed by atoms with Gasteiger partial charge in [0, 0.05) is 18.3 Å². The molecule has 1 aromatic heterocycles. The summed E-state index contributed by atoms with van der Waals surface area (Å²) in [5.74, 6) is 1.81. The fraction of sp³-hybridized carbons (Fsp3) is 0.176. The van der Waals surface area contributed by atoms with Crippen LogP contribution in [0.5, 0.6) is 17.2 Å². The van der Waals surface area contributed by atoms with Gasteiger partial charge in [-0.3, -0.25) is 4.99 Å². The van der Waals surface area contributed by atoms with Crippen LogP contribution in [0.1, 0.15) is 5.56 Å². The van der Waals surface area contributed by atoms with E-state index in [0.717, 1.165) is 5.52 Å². The fourth-order valence-corrected chi connectivity index (χ4v) is 2.40. The Morgan fingerprint density at radius 2 is 1.58 bits per heavy atom. The number of imidazole rings is 1. The van der Waals surface area contributed by atoms with E-state index >= 15 is 0 Å². The third kappa shape index (κ3) is 2.96. The van der Waals surface area contributed by atoms with Crippen molar-refractivity contribution in [2.45, 2.75) is 0 Å². The minimum absolute atomic E-state index is 0.246. The predicted octanol–water partition coefficient (Wildman–Crippen LogP) is 2.63. The molecule has 0 aliphatic rings. The molecule has 3 aromatic rings. The summed E-state index contributed by atoms with van der Waals surface area (Å²) < 4.78 is 16.0. The van der Waals surface area contributed by atoms with Crippen molar-refractivity contribution in [3.63, 3.8) is 0 Å². The summed E-state index contributed by atoms with van der Waals surface area (Å²) in [6.07, 6.45) is 1.66. The van der Waals surface area contributed by atoms with Crippen LogP contribution >= 0.6 is 0 Å². The molecule has 0 spiro atoms. The Labute approximate surface area is 137 Å². The number of nitrogens with zero attached hydrogens (tertiary/aromatic N) is 1. The molecule has 0 amide bonds. The zero-order valence-electron chi connectivity index (χ0n) is 13.5. The molecule has 1 heterocycles. The number of hydrogen-bond donors (Lipinski definition) is 2. The van der Waals surface area contributed by atoms with Crippen molar-refractivity contribution in [1.82, 2.24) is 9.97 Å². The van der Waals surface area contributed by atoms with E-state index in [0.29, 0.717) is 34.0 Å². The molecule has 0 unspecified atom stereocenters. The van der Waals surface area contributed by atoms with Crippen molar-refractivity contribution in [3.8, 4) is 17.2 Å². The van der Waals surface area contributed by atoms with Crippen LogP contribution in [-0.4, -0.2) is 37.5 Å². The molecule has 124 valence electrons. The van der Waals surface area contributed by atoms with Gasteiger partial charge in [-0.15, -0.1) is 0 Å². The molecule has 0 atom stereocenters. The molecule has 0 aliphatic carbocycles. The molecule has 0 radical (unpaired) electrons. The van der Waals surface area contributed by atoms with Crippen molar-refractivity contribution in [2.75, 3.05) is 21.3 Å². The van der Waals surface area contributed by atoms with Gasteiger partial charge in [-0.05, 0) is 18.2 Å². The summed E-state index contributed by atoms with van der Waals surface area (Å²) in [5, 5.41) is 0. The highest BCUT2D eigenvalue weighted by Gasteiger charge is 2.11. The van der Waals surface area contributed by atoms with Gasteiger partial charge in [-0.25, -0.2) is 4.79 Å². The third-order valence-electron chi connectivity index (χ3n) is 3.60. The maximum atomic E-state index is 11.3. The average molecular weight is 327 g/mol. The number of hydrogen-bond acceptors (Lipinski definition) is 5. The average Bonchev–Trinajstić information content (AvgIpc) is 2.98. The first kappa shape index (κ1) is 15.7. The standard InChI is InChI=1S/C17H17N3O4/c1-22-11-7-15(23-2)12(16(8-11)24-3)9-18-10-4-5-13-14(6-10)20-17(21)19-13/h4-9H,1-3H3,(H2,19,20,21). The maximum Gasteiger partial charge on any atom is 0.323 e. The highest BCUT2D eigenvalue weighted by molar-refractivity contribution is 5.90. The number of fused-ring (bicyclic) bond motifs is 1. The van der Waals surface area contributed by atoms with Crippen molar-refractivity contribution in [2.24, 2.45) is 4.99 Å². The van der Waals surface area contributed by atoms with Crippen molar-refractivity contribution in [1.29, 1.82) is 0 Å². The van der Waals surface area contributed by atoms with Gasteiger partial charge in [0.05, 0.1) is 43.6 Å². The summed E-state index contributed by atoms with van der Waals surface area (Å²) in [7, 11) is 4.72. The number of aliphatic imine (C=N–C) groups is 1. The van der Waals surface area contributed by atoms with Gasteiger partial charge in [0.2, 0.25) is 0 Å². The van der Waals surface area contributed by atoms with Crippen LogP contribution in [0.2, 0.25) is 0 Å². The van der Waals surface area contributed by atoms with Crippen LogP contribution in [0.25, 0.3) is 11.0 Å². The minimum atomic E-state index is -0.246. The van der Waals surface area contributed by atoms with Gasteiger partial charge in [0.15, 0.2) is 0 Å². The zero-order chi connectivity index (χ0) is 17.1. The van der Waals surface area contributed by atoms with Gasteiger partial charge in [0.1, 0.15) is 17.2 Å². The number of methoxy groups -OCH3 is 3. The molecule has 24 heavy (non-hydrogen) atoms. The van der Waals surface area contributed by atoms with Gasteiger partial charge in [-0.1, -0.05) is 0 Å². The Kier molecular flexibility index (Phi) is 4.24. The zero-order valence-corrected chi connectivity index (χ0v) is 13.5. The summed E-state index contributed by atoms with van der Waals surface area (Å²) in [4.78, 5) is 21.2. The molecule has 0 saturated carbocycles. The van der Waals surface area contributed by atoms with E-state index in [1.165, 1.54) is 0 Å². The lowest BCUT2D eigenvalue weighted by Crippen LogP contribution is -1.99. The number of nitrogens with one attached hydrogen (secondary N) is 2. The molecule has 0 saturated heterocycles. The molecule has 7 heteroatoms. The Morgan fingerprint density at radius 3 is 2.21 bits per heavy atom. The number of benzene rings is 2. The fourth-order valence-electron chi connectivity index (χ4n) is 2.40. The summed E-state index contributed by atoms with van der Waals surface area (Å²) >= 11 is 0. The quantitative estimate of drug-likeness (QED) is 0.705. The van der Waals surface area contributed by atoms with Gasteiger partial charge >= 0.3 is 5.69 Å². The normalized spacial score (nSPS) is 11.1. The molecule has 2 aromatic carbocycles. The Bertz CT molecular complexity index is 931. The number of aromatic amines is 2. The number of aromatic nitrogens is 2. The molecule has 0 fully saturated rings. The summed E-state index contributed by atoms with van der Waals surface area (Å²) in [5.41, 5.74) is 2.58. The molecular weight excluding hydrogens is 310 g/mol. The van der Waals surface area contributed by atoms with E-state index in [1.807, 2.05) is 6.07 Å². The molecule has 7 nitrogen and oxygen atoms in total. The SMILES string of the molecule is COc1cc(OC)c(C=Nc2ccc3[nH]c(=O)[nH]c3c2)c(OC)c1. The topological polar surface area (TPSA) is 88.7 Å². The third-order valence-corrected chi connectivity index (χ3v) is 3.60. The second-order valence-corrected chi connectivity index (χ2v) is 5.01. The largest absolute Gasteiger partial charge is 0.496 e. The maximum absolute atomic E-state index is 11.3. The van der Waals surface area contributed by atoms with E-state index in [-0.39, 0.29) is 5.69 Å². The Morgan fingerprint density at radius 1 is 0.917 bits per heavy atom. The Hall–Kier alpha value is -3.22. The lowest BCUT2D eigenvalue weighted by molar-refractivity contribution is 0.374. The second kappa shape index (κ2) is 6.49. The van der Waals surface area contributed by atoms with Crippen molar-refractivity contribution >= 4 is 22.9 Å². The monoisotopic (exact) mass is 327 g/mol.